The van der Waals surface area contributed by atoms with Crippen LogP contribution in [0.1, 0.15) is 27.2 Å². The van der Waals surface area contributed by atoms with E-state index in [1.165, 1.54) is 16.8 Å². The van der Waals surface area contributed by atoms with Gasteiger partial charge in [-0.2, -0.15) is 5.10 Å². The lowest BCUT2D eigenvalue weighted by molar-refractivity contribution is 0.0950. The summed E-state index contributed by atoms with van der Waals surface area (Å²) >= 11 is 6.41. The third-order valence-electron chi connectivity index (χ3n) is 4.60. The van der Waals surface area contributed by atoms with Crippen LogP contribution in [0.2, 0.25) is 5.15 Å². The molecular weight excluding hydrogens is 397 g/mol. The van der Waals surface area contributed by atoms with Crippen molar-refractivity contribution in [3.05, 3.63) is 75.8 Å². The summed E-state index contributed by atoms with van der Waals surface area (Å²) in [5.41, 5.74) is 2.57. The van der Waals surface area contributed by atoms with Crippen molar-refractivity contribution in [2.24, 2.45) is 0 Å². The molecule has 0 atom stereocenters. The molecule has 6 nitrogen and oxygen atoms in total. The summed E-state index contributed by atoms with van der Waals surface area (Å²) in [7, 11) is 0. The van der Waals surface area contributed by atoms with Crippen LogP contribution in [0.5, 0.6) is 11.5 Å². The fourth-order valence-corrected chi connectivity index (χ4v) is 3.47. The fraction of sp³-hybridized carbons (Fsp3) is 0.238. The zero-order valence-electron chi connectivity index (χ0n) is 15.7. The first-order valence-electron chi connectivity index (χ1n) is 9.15. The van der Waals surface area contributed by atoms with Crippen LogP contribution in [0.25, 0.3) is 0 Å². The number of halogens is 2. The zero-order valence-corrected chi connectivity index (χ0v) is 16.5. The predicted molar refractivity (Wildman–Crippen MR) is 106 cm³/mol. The van der Waals surface area contributed by atoms with Gasteiger partial charge in [0.1, 0.15) is 24.2 Å². The molecule has 0 bridgehead atoms. The molecule has 0 aliphatic carbocycles. The number of amides is 1. The van der Waals surface area contributed by atoms with Crippen molar-refractivity contribution in [3.8, 4) is 11.5 Å². The molecule has 8 heteroatoms. The van der Waals surface area contributed by atoms with Gasteiger partial charge < -0.3 is 14.8 Å². The Morgan fingerprint density at radius 2 is 1.83 bits per heavy atom. The quantitative estimate of drug-likeness (QED) is 0.689. The summed E-state index contributed by atoms with van der Waals surface area (Å²) in [6, 6.07) is 11.6. The van der Waals surface area contributed by atoms with Crippen LogP contribution in [0.4, 0.5) is 4.39 Å². The van der Waals surface area contributed by atoms with Crippen LogP contribution >= 0.6 is 11.6 Å². The minimum Gasteiger partial charge on any atom is -0.486 e. The van der Waals surface area contributed by atoms with Gasteiger partial charge >= 0.3 is 0 Å². The lowest BCUT2D eigenvalue weighted by Gasteiger charge is -2.19. The van der Waals surface area contributed by atoms with Gasteiger partial charge in [0.2, 0.25) is 0 Å². The minimum absolute atomic E-state index is 0.242. The van der Waals surface area contributed by atoms with Crippen LogP contribution in [-0.4, -0.2) is 28.9 Å². The third kappa shape index (κ3) is 4.19. The van der Waals surface area contributed by atoms with Gasteiger partial charge in [0.15, 0.2) is 11.5 Å². The van der Waals surface area contributed by atoms with Crippen molar-refractivity contribution in [2.45, 2.75) is 20.0 Å². The Kier molecular flexibility index (Phi) is 5.40. The number of carbonyl (C=O) groups excluding carboxylic acids is 1. The minimum atomic E-state index is -0.312. The zero-order chi connectivity index (χ0) is 20.4. The molecule has 29 heavy (non-hydrogen) atoms. The van der Waals surface area contributed by atoms with Gasteiger partial charge in [0.05, 0.1) is 17.8 Å². The molecule has 0 unspecified atom stereocenters. The highest BCUT2D eigenvalue weighted by atomic mass is 35.5. The van der Waals surface area contributed by atoms with Gasteiger partial charge in [-0.3, -0.25) is 4.79 Å². The number of carbonyl (C=O) groups is 1. The van der Waals surface area contributed by atoms with Crippen LogP contribution in [0.15, 0.2) is 42.5 Å². The number of aromatic nitrogens is 2. The molecule has 0 saturated heterocycles. The molecule has 2 heterocycles. The largest absolute Gasteiger partial charge is 0.486 e. The normalized spacial score (nSPS) is 12.7. The van der Waals surface area contributed by atoms with E-state index in [-0.39, 0.29) is 16.9 Å². The topological polar surface area (TPSA) is 65.4 Å². The van der Waals surface area contributed by atoms with Crippen molar-refractivity contribution >= 4 is 17.5 Å². The molecule has 150 valence electrons. The van der Waals surface area contributed by atoms with Gasteiger partial charge in [0, 0.05) is 6.54 Å². The van der Waals surface area contributed by atoms with Crippen LogP contribution in [-0.2, 0) is 13.1 Å². The highest BCUT2D eigenvalue weighted by Crippen LogP contribution is 2.30. The molecule has 1 aromatic heterocycles. The lowest BCUT2D eigenvalue weighted by atomic mass is 10.2. The number of benzene rings is 2. The summed E-state index contributed by atoms with van der Waals surface area (Å²) in [5, 5.41) is 7.46. The summed E-state index contributed by atoms with van der Waals surface area (Å²) < 4.78 is 25.7. The lowest BCUT2D eigenvalue weighted by Crippen LogP contribution is -2.24. The summed E-state index contributed by atoms with van der Waals surface area (Å²) in [5.74, 6) is 0.750. The fourth-order valence-electron chi connectivity index (χ4n) is 3.15. The SMILES string of the molecule is Cc1nn(Cc2ccc(F)cc2)c(Cl)c1C(=O)NCc1ccc2c(c1)OCCO2. The van der Waals surface area contributed by atoms with Crippen LogP contribution < -0.4 is 14.8 Å². The molecule has 1 aliphatic heterocycles. The van der Waals surface area contributed by atoms with E-state index >= 15 is 0 Å². The molecule has 0 spiro atoms. The average Bonchev–Trinajstić information content (AvgIpc) is 3.00. The predicted octanol–water partition coefficient (Wildman–Crippen LogP) is 3.73. The highest BCUT2D eigenvalue weighted by molar-refractivity contribution is 6.33. The van der Waals surface area contributed by atoms with Crippen LogP contribution in [0, 0.1) is 12.7 Å². The summed E-state index contributed by atoms with van der Waals surface area (Å²) in [4.78, 5) is 12.7. The van der Waals surface area contributed by atoms with E-state index in [0.29, 0.717) is 49.1 Å². The molecule has 0 fully saturated rings. The molecule has 4 rings (SSSR count). The number of ether oxygens (including phenoxy) is 2. The van der Waals surface area contributed by atoms with Crippen molar-refractivity contribution in [1.29, 1.82) is 0 Å². The molecule has 1 aliphatic rings. The van der Waals surface area contributed by atoms with E-state index in [2.05, 4.69) is 10.4 Å². The average molecular weight is 416 g/mol. The molecule has 0 radical (unpaired) electrons. The number of fused-ring (bicyclic) bond motifs is 1. The maximum absolute atomic E-state index is 13.1. The van der Waals surface area contributed by atoms with Crippen molar-refractivity contribution in [3.63, 3.8) is 0 Å². The summed E-state index contributed by atoms with van der Waals surface area (Å²) in [6.45, 7) is 3.42. The van der Waals surface area contributed by atoms with Gasteiger partial charge in [0.25, 0.3) is 5.91 Å². The maximum Gasteiger partial charge on any atom is 0.256 e. The van der Waals surface area contributed by atoms with Crippen molar-refractivity contribution in [2.75, 3.05) is 13.2 Å². The Balaban J connectivity index is 1.46. The van der Waals surface area contributed by atoms with E-state index in [1.54, 1.807) is 19.1 Å². The van der Waals surface area contributed by atoms with E-state index in [0.717, 1.165) is 11.1 Å². The monoisotopic (exact) mass is 415 g/mol. The van der Waals surface area contributed by atoms with Crippen LogP contribution in [0.3, 0.4) is 0 Å². The molecule has 1 amide bonds. The Bertz CT molecular complexity index is 1050. The second kappa shape index (κ2) is 8.13. The highest BCUT2D eigenvalue weighted by Gasteiger charge is 2.20. The first-order valence-corrected chi connectivity index (χ1v) is 9.53. The van der Waals surface area contributed by atoms with Crippen molar-refractivity contribution in [1.82, 2.24) is 15.1 Å². The molecule has 0 saturated carbocycles. The second-order valence-corrected chi connectivity index (χ2v) is 7.05. The van der Waals surface area contributed by atoms with Gasteiger partial charge in [-0.25, -0.2) is 9.07 Å². The van der Waals surface area contributed by atoms with Gasteiger partial charge in [-0.05, 0) is 42.3 Å². The van der Waals surface area contributed by atoms with Gasteiger partial charge in [-0.1, -0.05) is 29.8 Å². The third-order valence-corrected chi connectivity index (χ3v) is 4.98. The molecule has 3 aromatic rings. The Hall–Kier alpha value is -3.06. The number of nitrogens with one attached hydrogen (secondary N) is 1. The van der Waals surface area contributed by atoms with Gasteiger partial charge in [-0.15, -0.1) is 0 Å². The second-order valence-electron chi connectivity index (χ2n) is 6.70. The van der Waals surface area contributed by atoms with E-state index < -0.39 is 0 Å². The smallest absolute Gasteiger partial charge is 0.256 e. The molecule has 1 N–H and O–H groups in total. The summed E-state index contributed by atoms with van der Waals surface area (Å²) in [6.07, 6.45) is 0. The standard InChI is InChI=1S/C21H19ClFN3O3/c1-13-19(20(22)26(25-13)12-14-2-5-16(23)6-3-14)21(27)24-11-15-4-7-17-18(10-15)29-9-8-28-17/h2-7,10H,8-9,11-12H2,1H3,(H,24,27). The van der Waals surface area contributed by atoms with E-state index in [1.807, 2.05) is 18.2 Å². The number of rotatable bonds is 5. The Morgan fingerprint density at radius 1 is 1.14 bits per heavy atom. The Labute approximate surface area is 172 Å². The Morgan fingerprint density at radius 3 is 2.59 bits per heavy atom. The van der Waals surface area contributed by atoms with Crippen molar-refractivity contribution < 1.29 is 18.7 Å². The van der Waals surface area contributed by atoms with E-state index in [9.17, 15) is 9.18 Å². The number of hydrogen-bond donors (Lipinski definition) is 1. The first-order chi connectivity index (χ1) is 14.0. The number of nitrogens with zero attached hydrogens (tertiary/aromatic N) is 2. The number of hydrogen-bond acceptors (Lipinski definition) is 4. The molecular formula is C21H19ClFN3O3. The first kappa shape index (κ1) is 19.3. The maximum atomic E-state index is 13.1. The van der Waals surface area contributed by atoms with E-state index in [4.69, 9.17) is 21.1 Å². The number of aryl methyl sites for hydroxylation is 1. The molecule has 2 aromatic carbocycles.